The molecule has 3 aliphatic rings. The van der Waals surface area contributed by atoms with Gasteiger partial charge in [-0.15, -0.1) is 0 Å². The molecule has 3 rings (SSSR count). The fourth-order valence-corrected chi connectivity index (χ4v) is 5.66. The molecule has 1 saturated heterocycles. The van der Waals surface area contributed by atoms with Crippen LogP contribution in [0.3, 0.4) is 0 Å². The first kappa shape index (κ1) is 26.0. The van der Waals surface area contributed by atoms with Crippen molar-refractivity contribution in [2.24, 2.45) is 29.1 Å². The lowest BCUT2D eigenvalue weighted by Crippen LogP contribution is -2.45. The number of nitriles is 1. The summed E-state index contributed by atoms with van der Waals surface area (Å²) in [5.41, 5.74) is 0.854. The van der Waals surface area contributed by atoms with E-state index in [9.17, 15) is 4.79 Å². The SMILES string of the molecule is CCC(C)(C)C(=O)O[C@H]1C[C@@H](C)C=C2C=C[C@H](C)[C@H](CC[C@@H]3C[C@H](CC#N)OC(C)(C)O3)[C@H]21. The van der Waals surface area contributed by atoms with E-state index in [1.807, 2.05) is 34.6 Å². The van der Waals surface area contributed by atoms with Crippen LogP contribution in [0.25, 0.3) is 0 Å². The summed E-state index contributed by atoms with van der Waals surface area (Å²) in [4.78, 5) is 13.0. The zero-order chi connectivity index (χ0) is 24.4. The highest BCUT2D eigenvalue weighted by molar-refractivity contribution is 5.76. The van der Waals surface area contributed by atoms with Gasteiger partial charge in [-0.2, -0.15) is 5.26 Å². The molecule has 5 nitrogen and oxygen atoms in total. The Bertz CT molecular complexity index is 805. The van der Waals surface area contributed by atoms with Gasteiger partial charge in [0.15, 0.2) is 5.79 Å². The van der Waals surface area contributed by atoms with Crippen molar-refractivity contribution in [1.82, 2.24) is 0 Å². The third-order valence-electron chi connectivity index (χ3n) is 7.86. The molecule has 7 atom stereocenters. The Kier molecular flexibility index (Phi) is 8.12. The van der Waals surface area contributed by atoms with Gasteiger partial charge in [0.1, 0.15) is 6.10 Å². The topological polar surface area (TPSA) is 68.6 Å². The van der Waals surface area contributed by atoms with Crippen LogP contribution in [0.1, 0.15) is 87.0 Å². The first-order valence-corrected chi connectivity index (χ1v) is 12.8. The summed E-state index contributed by atoms with van der Waals surface area (Å²) in [5.74, 6) is 0.657. The average Bonchev–Trinajstić information content (AvgIpc) is 2.72. The number of rotatable bonds is 7. The molecule has 0 radical (unpaired) electrons. The second-order valence-electron chi connectivity index (χ2n) is 11.5. The van der Waals surface area contributed by atoms with Crippen LogP contribution < -0.4 is 0 Å². The zero-order valence-electron chi connectivity index (χ0n) is 21.6. The number of esters is 1. The van der Waals surface area contributed by atoms with E-state index >= 15 is 0 Å². The fourth-order valence-electron chi connectivity index (χ4n) is 5.66. The van der Waals surface area contributed by atoms with E-state index in [4.69, 9.17) is 19.5 Å². The van der Waals surface area contributed by atoms with E-state index in [1.54, 1.807) is 0 Å². The second-order valence-corrected chi connectivity index (χ2v) is 11.5. The highest BCUT2D eigenvalue weighted by Crippen LogP contribution is 2.46. The van der Waals surface area contributed by atoms with Crippen LogP contribution in [-0.2, 0) is 19.0 Å². The number of hydrogen-bond acceptors (Lipinski definition) is 5. The summed E-state index contributed by atoms with van der Waals surface area (Å²) >= 11 is 0. The molecule has 0 aromatic carbocycles. The van der Waals surface area contributed by atoms with Crippen LogP contribution in [0.4, 0.5) is 0 Å². The largest absolute Gasteiger partial charge is 0.461 e. The van der Waals surface area contributed by atoms with Crippen molar-refractivity contribution in [3.05, 3.63) is 23.8 Å². The van der Waals surface area contributed by atoms with E-state index in [0.29, 0.717) is 24.2 Å². The summed E-state index contributed by atoms with van der Waals surface area (Å²) in [6.07, 6.45) is 11.5. The fraction of sp³-hybridized carbons (Fsp3) is 0.786. The summed E-state index contributed by atoms with van der Waals surface area (Å²) in [7, 11) is 0. The third-order valence-corrected chi connectivity index (χ3v) is 7.86. The molecule has 0 aromatic heterocycles. The highest BCUT2D eigenvalue weighted by atomic mass is 16.7. The first-order chi connectivity index (χ1) is 15.5. The Morgan fingerprint density at radius 3 is 2.58 bits per heavy atom. The van der Waals surface area contributed by atoms with Gasteiger partial charge in [-0.1, -0.05) is 39.0 Å². The predicted octanol–water partition coefficient (Wildman–Crippen LogP) is 6.34. The molecule has 0 saturated carbocycles. The number of ether oxygens (including phenoxy) is 3. The standard InChI is InChI=1S/C28H43NO4/c1-8-27(4,5)26(30)31-24-16-18(2)15-20-10-9-19(3)23(25(20)24)12-11-21-17-22(13-14-29)33-28(6,7)32-21/h9-10,15,18-19,21-25H,8,11-13,16-17H2,1-7H3/t18-,19-,21+,22-,23-,24-,25-/m0/s1. The van der Waals surface area contributed by atoms with Crippen molar-refractivity contribution in [2.75, 3.05) is 0 Å². The summed E-state index contributed by atoms with van der Waals surface area (Å²) < 4.78 is 18.4. The van der Waals surface area contributed by atoms with Crippen LogP contribution in [-0.4, -0.2) is 30.1 Å². The number of carbonyl (C=O) groups excluding carboxylic acids is 1. The molecule has 0 spiro atoms. The maximum atomic E-state index is 13.0. The Hall–Kier alpha value is -1.64. The maximum Gasteiger partial charge on any atom is 0.311 e. The van der Waals surface area contributed by atoms with Gasteiger partial charge in [0.2, 0.25) is 0 Å². The Morgan fingerprint density at radius 1 is 1.21 bits per heavy atom. The summed E-state index contributed by atoms with van der Waals surface area (Å²) in [6, 6.07) is 2.24. The van der Waals surface area contributed by atoms with Gasteiger partial charge < -0.3 is 14.2 Å². The molecule has 1 heterocycles. The number of hydrogen-bond donors (Lipinski definition) is 0. The smallest absolute Gasteiger partial charge is 0.311 e. The lowest BCUT2D eigenvalue weighted by Gasteiger charge is -2.45. The van der Waals surface area contributed by atoms with Gasteiger partial charge in [0.25, 0.3) is 0 Å². The molecule has 0 aromatic rings. The number of fused-ring (bicyclic) bond motifs is 1. The van der Waals surface area contributed by atoms with E-state index in [-0.39, 0.29) is 30.2 Å². The zero-order valence-corrected chi connectivity index (χ0v) is 21.6. The normalized spacial score (nSPS) is 35.8. The summed E-state index contributed by atoms with van der Waals surface area (Å²) in [5, 5.41) is 9.14. The van der Waals surface area contributed by atoms with E-state index in [1.165, 1.54) is 5.57 Å². The van der Waals surface area contributed by atoms with Gasteiger partial charge in [0.05, 0.1) is 30.1 Å². The Morgan fingerprint density at radius 2 is 1.91 bits per heavy atom. The first-order valence-electron chi connectivity index (χ1n) is 12.8. The molecule has 5 heteroatoms. The Labute approximate surface area is 200 Å². The van der Waals surface area contributed by atoms with Crippen molar-refractivity contribution >= 4 is 5.97 Å². The highest BCUT2D eigenvalue weighted by Gasteiger charge is 2.43. The van der Waals surface area contributed by atoms with Gasteiger partial charge in [-0.3, -0.25) is 4.79 Å². The third kappa shape index (κ3) is 6.28. The van der Waals surface area contributed by atoms with E-state index in [2.05, 4.69) is 38.1 Å². The van der Waals surface area contributed by atoms with Crippen molar-refractivity contribution in [3.63, 3.8) is 0 Å². The van der Waals surface area contributed by atoms with Gasteiger partial charge in [0, 0.05) is 12.3 Å². The van der Waals surface area contributed by atoms with Crippen LogP contribution in [0, 0.1) is 40.4 Å². The molecular weight excluding hydrogens is 414 g/mol. The molecule has 0 N–H and O–H groups in total. The molecule has 2 aliphatic carbocycles. The number of allylic oxidation sites excluding steroid dienone is 3. The quantitative estimate of drug-likeness (QED) is 0.417. The monoisotopic (exact) mass is 457 g/mol. The number of carbonyl (C=O) groups is 1. The van der Waals surface area contributed by atoms with Crippen LogP contribution >= 0.6 is 0 Å². The number of nitrogens with zero attached hydrogens (tertiary/aromatic N) is 1. The van der Waals surface area contributed by atoms with Crippen molar-refractivity contribution in [1.29, 1.82) is 5.26 Å². The average molecular weight is 458 g/mol. The predicted molar refractivity (Wildman–Crippen MR) is 129 cm³/mol. The molecule has 1 aliphatic heterocycles. The summed E-state index contributed by atoms with van der Waals surface area (Å²) in [6.45, 7) is 14.3. The van der Waals surface area contributed by atoms with Crippen molar-refractivity contribution in [2.45, 2.75) is 111 Å². The molecule has 33 heavy (non-hydrogen) atoms. The lowest BCUT2D eigenvalue weighted by molar-refractivity contribution is -0.299. The molecule has 0 amide bonds. The Balaban J connectivity index is 1.76. The van der Waals surface area contributed by atoms with Crippen molar-refractivity contribution < 1.29 is 19.0 Å². The van der Waals surface area contributed by atoms with Gasteiger partial charge in [-0.05, 0) is 76.7 Å². The van der Waals surface area contributed by atoms with E-state index < -0.39 is 11.2 Å². The maximum absolute atomic E-state index is 13.0. The molecular formula is C28H43NO4. The molecule has 0 bridgehead atoms. The van der Waals surface area contributed by atoms with Crippen molar-refractivity contribution in [3.8, 4) is 6.07 Å². The molecule has 184 valence electrons. The van der Waals surface area contributed by atoms with Gasteiger partial charge >= 0.3 is 5.97 Å². The molecule has 1 fully saturated rings. The minimum absolute atomic E-state index is 0.0696. The minimum atomic E-state index is -0.669. The second kappa shape index (κ2) is 10.3. The van der Waals surface area contributed by atoms with Crippen LogP contribution in [0.15, 0.2) is 23.8 Å². The van der Waals surface area contributed by atoms with Gasteiger partial charge in [-0.25, -0.2) is 0 Å². The van der Waals surface area contributed by atoms with E-state index in [0.717, 1.165) is 32.1 Å². The lowest BCUT2D eigenvalue weighted by atomic mass is 9.65. The van der Waals surface area contributed by atoms with Crippen LogP contribution in [0.2, 0.25) is 0 Å². The molecule has 0 unspecified atom stereocenters. The van der Waals surface area contributed by atoms with Crippen LogP contribution in [0.5, 0.6) is 0 Å². The minimum Gasteiger partial charge on any atom is -0.461 e.